The van der Waals surface area contributed by atoms with Crippen molar-refractivity contribution >= 4 is 35.6 Å². The van der Waals surface area contributed by atoms with Crippen molar-refractivity contribution < 1.29 is 43.2 Å². The van der Waals surface area contributed by atoms with Crippen LogP contribution in [0.3, 0.4) is 0 Å². The summed E-state index contributed by atoms with van der Waals surface area (Å²) in [5, 5.41) is 16.1. The maximum Gasteiger partial charge on any atom is 0.410 e. The van der Waals surface area contributed by atoms with Gasteiger partial charge in [0, 0.05) is 48.5 Å². The third-order valence-electron chi connectivity index (χ3n) is 14.1. The van der Waals surface area contributed by atoms with E-state index in [1.54, 1.807) is 24.9 Å². The molecule has 0 aromatic carbocycles. The number of amides is 1. The number of aliphatic imine (C=N–C) groups is 1. The second-order valence-electron chi connectivity index (χ2n) is 18.9. The lowest BCUT2D eigenvalue weighted by molar-refractivity contribution is -0.296. The van der Waals surface area contributed by atoms with E-state index in [9.17, 15) is 19.5 Å². The molecule has 4 fully saturated rings. The standard InChI is InChI=1S/C47H70N6O9/c1-11-36-47(8)41-30(4)38(49-22-23-53(41)45(57)62-47)28(2)27-46(7,58-24-14-15-33-17-18-34(26-33)19-21-50-51-37-16-12-13-20-48-37)42(31(5)39(54)32(6)43(56)60-36)61-44-40(55)35(52(9)10)25-29(3)59-44/h12-13,16,20-21,28-36,40-42,44,55H,11,17-19,22-27H2,1-10H3,(H,48,51)/b50-21+/t28-,29-,30+,31+,32-,33?,34?,35+,36-,40-,41-,42-,44+,46+,47-/m1/s1. The number of anilines is 1. The average Bonchev–Trinajstić information content (AvgIpc) is 3.74. The Morgan fingerprint density at radius 1 is 1.10 bits per heavy atom. The van der Waals surface area contributed by atoms with Gasteiger partial charge in [-0.25, -0.2) is 9.78 Å². The number of hydrazone groups is 1. The third kappa shape index (κ3) is 10.4. The summed E-state index contributed by atoms with van der Waals surface area (Å²) in [6.45, 7) is 15.8. The molecule has 15 atom stereocenters. The van der Waals surface area contributed by atoms with Gasteiger partial charge in [0.25, 0.3) is 0 Å². The van der Waals surface area contributed by atoms with E-state index in [2.05, 4.69) is 41.2 Å². The molecule has 5 aliphatic rings. The van der Waals surface area contributed by atoms with Gasteiger partial charge in [-0.1, -0.05) is 45.6 Å². The van der Waals surface area contributed by atoms with Crippen LogP contribution in [0.25, 0.3) is 0 Å². The third-order valence-corrected chi connectivity index (χ3v) is 14.1. The summed E-state index contributed by atoms with van der Waals surface area (Å²) >= 11 is 0. The van der Waals surface area contributed by atoms with Crippen LogP contribution in [0, 0.1) is 47.3 Å². The van der Waals surface area contributed by atoms with E-state index in [-0.39, 0.29) is 36.5 Å². The van der Waals surface area contributed by atoms with Crippen molar-refractivity contribution in [2.75, 3.05) is 39.2 Å². The predicted octanol–water partition coefficient (Wildman–Crippen LogP) is 5.75. The van der Waals surface area contributed by atoms with Crippen LogP contribution in [0.1, 0.15) is 100 Å². The van der Waals surface area contributed by atoms with Gasteiger partial charge in [0.05, 0.1) is 30.4 Å². The first-order valence-electron chi connectivity index (χ1n) is 22.7. The van der Waals surface area contributed by atoms with Crippen molar-refractivity contribution in [3.63, 3.8) is 0 Å². The number of nitrogens with zero attached hydrogens (tertiary/aromatic N) is 5. The number of Topliss-reactive ketones (excluding diaryl/α,β-unsaturated/α-hetero) is 1. The number of aliphatic hydroxyl groups excluding tert-OH is 1. The maximum atomic E-state index is 14.6. The Hall–Kier alpha value is -3.94. The van der Waals surface area contributed by atoms with Crippen LogP contribution in [-0.4, -0.2) is 137 Å². The fourth-order valence-electron chi connectivity index (χ4n) is 10.8. The Labute approximate surface area is 368 Å². The van der Waals surface area contributed by atoms with E-state index in [0.717, 1.165) is 31.4 Å². The molecule has 2 bridgehead atoms. The highest BCUT2D eigenvalue weighted by Crippen LogP contribution is 2.44. The molecule has 342 valence electrons. The number of pyridine rings is 1. The molecule has 5 heterocycles. The molecule has 0 radical (unpaired) electrons. The number of hydrogen-bond donors (Lipinski definition) is 2. The first-order valence-corrected chi connectivity index (χ1v) is 22.7. The number of fused-ring (bicyclic) bond motifs is 1. The normalized spacial score (nSPS) is 39.4. The molecule has 1 aliphatic carbocycles. The molecule has 0 spiro atoms. The Balaban J connectivity index is 1.31. The van der Waals surface area contributed by atoms with Gasteiger partial charge in [0.2, 0.25) is 0 Å². The van der Waals surface area contributed by atoms with E-state index >= 15 is 0 Å². The predicted molar refractivity (Wildman–Crippen MR) is 235 cm³/mol. The smallest absolute Gasteiger partial charge is 0.410 e. The molecular weight excluding hydrogens is 793 g/mol. The molecule has 2 N–H and O–H groups in total. The SMILES string of the molecule is CC[C@H]1OC(=O)[C@H](C)C(=O)[C@H](C)[C@@H](O[C@@H]2O[C@H](C)C[C@H](N(C)C)[C@H]2O)[C@@](C)(OCC#CC2CCC(C/C=N/Nc3ccccn3)C2)C[C@@H](C)C2=NCCN3C(=O)O[C@@]1(C)[C@H]3[C@H]2C. The number of esters is 1. The first kappa shape index (κ1) is 47.5. The maximum absolute atomic E-state index is 14.6. The minimum atomic E-state index is -1.21. The molecule has 15 nitrogen and oxygen atoms in total. The summed E-state index contributed by atoms with van der Waals surface area (Å²) in [4.78, 5) is 55.2. The molecule has 1 aromatic heterocycles. The lowest BCUT2D eigenvalue weighted by Gasteiger charge is -2.47. The second-order valence-corrected chi connectivity index (χ2v) is 18.9. The number of ketones is 1. The van der Waals surface area contributed by atoms with Gasteiger partial charge in [-0.15, -0.1) is 0 Å². The Morgan fingerprint density at radius 3 is 2.58 bits per heavy atom. The van der Waals surface area contributed by atoms with E-state index < -0.39 is 71.5 Å². The fraction of sp³-hybridized carbons (Fsp3) is 0.745. The highest BCUT2D eigenvalue weighted by atomic mass is 16.7. The fourth-order valence-corrected chi connectivity index (χ4v) is 10.8. The summed E-state index contributed by atoms with van der Waals surface area (Å²) in [6.07, 6.45) is 4.08. The minimum absolute atomic E-state index is 0.0556. The van der Waals surface area contributed by atoms with Gasteiger partial charge in [0.15, 0.2) is 17.7 Å². The van der Waals surface area contributed by atoms with E-state index in [1.165, 1.54) is 0 Å². The molecule has 15 heteroatoms. The molecule has 1 aromatic rings. The van der Waals surface area contributed by atoms with Gasteiger partial charge < -0.3 is 33.7 Å². The Morgan fingerprint density at radius 2 is 1.87 bits per heavy atom. The van der Waals surface area contributed by atoms with Gasteiger partial charge in [0.1, 0.15) is 30.6 Å². The van der Waals surface area contributed by atoms with Gasteiger partial charge in [-0.3, -0.25) is 24.9 Å². The summed E-state index contributed by atoms with van der Waals surface area (Å²) < 4.78 is 32.4. The van der Waals surface area contributed by atoms with Gasteiger partial charge in [-0.2, -0.15) is 5.10 Å². The minimum Gasteiger partial charge on any atom is -0.458 e. The van der Waals surface area contributed by atoms with Crippen molar-refractivity contribution in [3.05, 3.63) is 24.4 Å². The number of rotatable bonds is 10. The Kier molecular flexibility index (Phi) is 15.5. The zero-order valence-electron chi connectivity index (χ0n) is 38.4. The highest BCUT2D eigenvalue weighted by Gasteiger charge is 2.60. The van der Waals surface area contributed by atoms with Crippen molar-refractivity contribution in [3.8, 4) is 11.8 Å². The summed E-state index contributed by atoms with van der Waals surface area (Å²) in [5.74, 6) is 4.41. The zero-order chi connectivity index (χ0) is 44.9. The van der Waals surface area contributed by atoms with Crippen molar-refractivity contribution in [1.82, 2.24) is 14.8 Å². The topological polar surface area (TPSA) is 174 Å². The molecule has 1 amide bonds. The van der Waals surface area contributed by atoms with Crippen molar-refractivity contribution in [1.29, 1.82) is 0 Å². The average molecular weight is 863 g/mol. The lowest BCUT2D eigenvalue weighted by atomic mass is 9.73. The van der Waals surface area contributed by atoms with Crippen LogP contribution in [0.15, 0.2) is 34.5 Å². The van der Waals surface area contributed by atoms with E-state index in [0.29, 0.717) is 44.1 Å². The number of aromatic nitrogens is 1. The number of carbonyl (C=O) groups excluding carboxylic acids is 3. The quantitative estimate of drug-likeness (QED) is 0.0961. The molecule has 6 rings (SSSR count). The number of nitrogens with one attached hydrogen (secondary N) is 1. The number of aliphatic hydroxyl groups is 1. The first-order chi connectivity index (χ1) is 29.5. The summed E-state index contributed by atoms with van der Waals surface area (Å²) in [7, 11) is 3.82. The van der Waals surface area contributed by atoms with Crippen molar-refractivity contribution in [2.45, 2.75) is 154 Å². The second kappa shape index (κ2) is 20.3. The number of ether oxygens (including phenoxy) is 5. The van der Waals surface area contributed by atoms with Crippen LogP contribution in [0.4, 0.5) is 10.6 Å². The Bertz CT molecular complexity index is 1850. The summed E-state index contributed by atoms with van der Waals surface area (Å²) in [6, 6.07) is 4.89. The summed E-state index contributed by atoms with van der Waals surface area (Å²) in [5.41, 5.74) is 1.45. The van der Waals surface area contributed by atoms with Crippen LogP contribution in [0.2, 0.25) is 0 Å². The zero-order valence-corrected chi connectivity index (χ0v) is 38.4. The van der Waals surface area contributed by atoms with Gasteiger partial charge >= 0.3 is 12.1 Å². The van der Waals surface area contributed by atoms with E-state index in [4.69, 9.17) is 28.7 Å². The molecule has 4 aliphatic heterocycles. The van der Waals surface area contributed by atoms with Gasteiger partial charge in [-0.05, 0) is 111 Å². The van der Waals surface area contributed by atoms with Crippen LogP contribution in [-0.2, 0) is 33.3 Å². The van der Waals surface area contributed by atoms with Crippen molar-refractivity contribution in [2.24, 2.45) is 45.6 Å². The number of cyclic esters (lactones) is 1. The molecular formula is C47H70N6O9. The molecule has 1 saturated carbocycles. The largest absolute Gasteiger partial charge is 0.458 e. The number of carbonyl (C=O) groups is 3. The van der Waals surface area contributed by atoms with E-state index in [1.807, 2.05) is 71.1 Å². The van der Waals surface area contributed by atoms with Crippen LogP contribution in [0.5, 0.6) is 0 Å². The van der Waals surface area contributed by atoms with Crippen LogP contribution >= 0.6 is 0 Å². The molecule has 62 heavy (non-hydrogen) atoms. The number of hydrogen-bond acceptors (Lipinski definition) is 14. The number of likely N-dealkylation sites (N-methyl/N-ethyl adjacent to an activating group) is 1. The van der Waals surface area contributed by atoms with Crippen LogP contribution < -0.4 is 5.43 Å². The molecule has 2 unspecified atom stereocenters. The highest BCUT2D eigenvalue weighted by molar-refractivity contribution is 6.00. The molecule has 3 saturated heterocycles. The lowest BCUT2D eigenvalue weighted by Crippen LogP contribution is -2.60. The monoisotopic (exact) mass is 863 g/mol.